The number of carbonyl (C=O) groups excluding carboxylic acids is 1. The minimum Gasteiger partial charge on any atom is -0.384 e. The molecule has 0 aliphatic heterocycles. The van der Waals surface area contributed by atoms with Crippen LogP contribution in [0, 0.1) is 5.92 Å². The van der Waals surface area contributed by atoms with E-state index in [4.69, 9.17) is 11.6 Å². The van der Waals surface area contributed by atoms with Gasteiger partial charge in [-0.1, -0.05) is 38.8 Å². The van der Waals surface area contributed by atoms with Crippen molar-refractivity contribution in [3.05, 3.63) is 23.2 Å². The number of hydrogen-bond acceptors (Lipinski definition) is 2. The van der Waals surface area contributed by atoms with Crippen LogP contribution in [0.5, 0.6) is 0 Å². The van der Waals surface area contributed by atoms with E-state index in [1.54, 1.807) is 6.07 Å². The van der Waals surface area contributed by atoms with Gasteiger partial charge in [-0.2, -0.15) is 0 Å². The summed E-state index contributed by atoms with van der Waals surface area (Å²) in [5.74, 6) is 0.597. The molecule has 0 fully saturated rings. The standard InChI is InChI=1S/C14H21ClN2O/c1-4-10(3)9-16-13-8-11(6-7-12(13)15)17-14(18)5-2/h6-8,10,16H,4-5,9H2,1-3H3,(H,17,18). The van der Waals surface area contributed by atoms with Crippen molar-refractivity contribution < 1.29 is 4.79 Å². The third kappa shape index (κ3) is 4.57. The molecule has 1 aromatic carbocycles. The fourth-order valence-electron chi connectivity index (χ4n) is 1.42. The molecule has 100 valence electrons. The maximum atomic E-state index is 11.3. The number of amides is 1. The summed E-state index contributed by atoms with van der Waals surface area (Å²) in [6.07, 6.45) is 1.59. The van der Waals surface area contributed by atoms with Crippen molar-refractivity contribution in [3.63, 3.8) is 0 Å². The lowest BCUT2D eigenvalue weighted by Crippen LogP contribution is -2.12. The molecule has 0 saturated carbocycles. The minimum atomic E-state index is 0.00481. The second-order valence-corrected chi connectivity index (χ2v) is 4.90. The van der Waals surface area contributed by atoms with Gasteiger partial charge < -0.3 is 10.6 Å². The lowest BCUT2D eigenvalue weighted by molar-refractivity contribution is -0.115. The molecule has 0 aromatic heterocycles. The molecular formula is C14H21ClN2O. The normalized spacial score (nSPS) is 12.0. The third-order valence-corrected chi connectivity index (χ3v) is 3.24. The first-order valence-corrected chi connectivity index (χ1v) is 6.77. The summed E-state index contributed by atoms with van der Waals surface area (Å²) in [4.78, 5) is 11.3. The molecule has 0 spiro atoms. The molecule has 0 aliphatic carbocycles. The molecule has 0 saturated heterocycles. The molecule has 0 aliphatic rings. The van der Waals surface area contributed by atoms with Crippen molar-refractivity contribution in [2.24, 2.45) is 5.92 Å². The molecule has 2 N–H and O–H groups in total. The summed E-state index contributed by atoms with van der Waals surface area (Å²) >= 11 is 6.12. The van der Waals surface area contributed by atoms with Crippen LogP contribution in [0.4, 0.5) is 11.4 Å². The molecule has 1 amide bonds. The number of nitrogens with one attached hydrogen (secondary N) is 2. The molecule has 1 rings (SSSR count). The molecule has 0 bridgehead atoms. The summed E-state index contributed by atoms with van der Waals surface area (Å²) in [7, 11) is 0. The Morgan fingerprint density at radius 3 is 2.72 bits per heavy atom. The Bertz CT molecular complexity index is 407. The fraction of sp³-hybridized carbons (Fsp3) is 0.500. The Morgan fingerprint density at radius 1 is 1.39 bits per heavy atom. The molecule has 1 unspecified atom stereocenters. The number of carbonyl (C=O) groups is 1. The SMILES string of the molecule is CCC(=O)Nc1ccc(Cl)c(NCC(C)CC)c1. The molecule has 4 heteroatoms. The van der Waals surface area contributed by atoms with Gasteiger partial charge in [-0.3, -0.25) is 4.79 Å². The quantitative estimate of drug-likeness (QED) is 0.814. The van der Waals surface area contributed by atoms with Crippen LogP contribution in [-0.2, 0) is 4.79 Å². The van der Waals surface area contributed by atoms with E-state index in [2.05, 4.69) is 24.5 Å². The lowest BCUT2D eigenvalue weighted by Gasteiger charge is -2.14. The predicted molar refractivity (Wildman–Crippen MR) is 78.3 cm³/mol. The van der Waals surface area contributed by atoms with Crippen LogP contribution >= 0.6 is 11.6 Å². The molecule has 18 heavy (non-hydrogen) atoms. The van der Waals surface area contributed by atoms with Gasteiger partial charge >= 0.3 is 0 Å². The van der Waals surface area contributed by atoms with E-state index < -0.39 is 0 Å². The van der Waals surface area contributed by atoms with Crippen molar-refractivity contribution in [1.82, 2.24) is 0 Å². The van der Waals surface area contributed by atoms with Crippen molar-refractivity contribution in [2.45, 2.75) is 33.6 Å². The summed E-state index contributed by atoms with van der Waals surface area (Å²) < 4.78 is 0. The number of hydrogen-bond donors (Lipinski definition) is 2. The largest absolute Gasteiger partial charge is 0.384 e. The van der Waals surface area contributed by atoms with Crippen LogP contribution < -0.4 is 10.6 Å². The van der Waals surface area contributed by atoms with Crippen molar-refractivity contribution in [2.75, 3.05) is 17.2 Å². The summed E-state index contributed by atoms with van der Waals surface area (Å²) in [5.41, 5.74) is 1.64. The van der Waals surface area contributed by atoms with E-state index in [0.717, 1.165) is 24.3 Å². The predicted octanol–water partition coefficient (Wildman–Crippen LogP) is 4.15. The zero-order chi connectivity index (χ0) is 13.5. The van der Waals surface area contributed by atoms with Gasteiger partial charge in [-0.05, 0) is 24.1 Å². The average molecular weight is 269 g/mol. The maximum absolute atomic E-state index is 11.3. The summed E-state index contributed by atoms with van der Waals surface area (Å²) in [6.45, 7) is 7.05. The van der Waals surface area contributed by atoms with Gasteiger partial charge in [0.15, 0.2) is 0 Å². The average Bonchev–Trinajstić information content (AvgIpc) is 2.38. The van der Waals surface area contributed by atoms with Gasteiger partial charge in [0.2, 0.25) is 5.91 Å². The highest BCUT2D eigenvalue weighted by atomic mass is 35.5. The summed E-state index contributed by atoms with van der Waals surface area (Å²) in [5, 5.41) is 6.81. The highest BCUT2D eigenvalue weighted by Gasteiger charge is 2.05. The van der Waals surface area contributed by atoms with Gasteiger partial charge in [0.05, 0.1) is 10.7 Å². The van der Waals surface area contributed by atoms with E-state index >= 15 is 0 Å². The maximum Gasteiger partial charge on any atom is 0.224 e. The molecule has 3 nitrogen and oxygen atoms in total. The second-order valence-electron chi connectivity index (χ2n) is 4.49. The topological polar surface area (TPSA) is 41.1 Å². The van der Waals surface area contributed by atoms with E-state index in [9.17, 15) is 4.79 Å². The number of benzene rings is 1. The Kier molecular flexibility index (Phi) is 5.99. The van der Waals surface area contributed by atoms with Gasteiger partial charge in [-0.25, -0.2) is 0 Å². The molecule has 0 heterocycles. The number of halogens is 1. The Morgan fingerprint density at radius 2 is 2.11 bits per heavy atom. The van der Waals surface area contributed by atoms with Crippen LogP contribution in [-0.4, -0.2) is 12.5 Å². The van der Waals surface area contributed by atoms with Crippen LogP contribution in [0.25, 0.3) is 0 Å². The van der Waals surface area contributed by atoms with E-state index in [-0.39, 0.29) is 5.91 Å². The Hall–Kier alpha value is -1.22. The van der Waals surface area contributed by atoms with Crippen LogP contribution in [0.3, 0.4) is 0 Å². The van der Waals surface area contributed by atoms with Crippen molar-refractivity contribution >= 4 is 28.9 Å². The van der Waals surface area contributed by atoms with Gasteiger partial charge in [0, 0.05) is 18.7 Å². The Labute approximate surface area is 114 Å². The minimum absolute atomic E-state index is 0.00481. The van der Waals surface area contributed by atoms with E-state index in [1.165, 1.54) is 0 Å². The van der Waals surface area contributed by atoms with Crippen LogP contribution in [0.2, 0.25) is 5.02 Å². The van der Waals surface area contributed by atoms with E-state index in [0.29, 0.717) is 17.4 Å². The second kappa shape index (κ2) is 7.27. The number of rotatable bonds is 6. The van der Waals surface area contributed by atoms with Crippen LogP contribution in [0.1, 0.15) is 33.6 Å². The molecule has 0 radical (unpaired) electrons. The molecule has 1 aromatic rings. The highest BCUT2D eigenvalue weighted by molar-refractivity contribution is 6.33. The molecule has 1 atom stereocenters. The van der Waals surface area contributed by atoms with Crippen molar-refractivity contribution in [3.8, 4) is 0 Å². The number of anilines is 2. The smallest absolute Gasteiger partial charge is 0.224 e. The highest BCUT2D eigenvalue weighted by Crippen LogP contribution is 2.26. The first-order chi connectivity index (χ1) is 8.56. The summed E-state index contributed by atoms with van der Waals surface area (Å²) in [6, 6.07) is 5.48. The zero-order valence-electron chi connectivity index (χ0n) is 11.2. The zero-order valence-corrected chi connectivity index (χ0v) is 12.0. The lowest BCUT2D eigenvalue weighted by atomic mass is 10.1. The van der Waals surface area contributed by atoms with Gasteiger partial charge in [0.25, 0.3) is 0 Å². The van der Waals surface area contributed by atoms with E-state index in [1.807, 2.05) is 19.1 Å². The van der Waals surface area contributed by atoms with Crippen LogP contribution in [0.15, 0.2) is 18.2 Å². The third-order valence-electron chi connectivity index (χ3n) is 2.91. The monoisotopic (exact) mass is 268 g/mol. The van der Waals surface area contributed by atoms with Gasteiger partial charge in [0.1, 0.15) is 0 Å². The first-order valence-electron chi connectivity index (χ1n) is 6.40. The fourth-order valence-corrected chi connectivity index (χ4v) is 1.60. The van der Waals surface area contributed by atoms with Crippen molar-refractivity contribution in [1.29, 1.82) is 0 Å². The first kappa shape index (κ1) is 14.8. The Balaban J connectivity index is 2.71. The van der Waals surface area contributed by atoms with Gasteiger partial charge in [-0.15, -0.1) is 0 Å². The molecular weight excluding hydrogens is 248 g/mol.